The Morgan fingerprint density at radius 2 is 1.48 bits per heavy atom. The van der Waals surface area contributed by atoms with Crippen LogP contribution in [0.3, 0.4) is 0 Å². The summed E-state index contributed by atoms with van der Waals surface area (Å²) in [6.07, 6.45) is 2.97. The Balaban J connectivity index is 2.12. The average Bonchev–Trinajstić information content (AvgIpc) is 3.40. The number of furan rings is 1. The van der Waals surface area contributed by atoms with E-state index in [1.807, 2.05) is 60.7 Å². The first-order valence-corrected chi connectivity index (χ1v) is 14.5. The van der Waals surface area contributed by atoms with Gasteiger partial charge in [0.25, 0.3) is 0 Å². The Bertz CT molecular complexity index is 1420. The van der Waals surface area contributed by atoms with E-state index in [1.54, 1.807) is 14.0 Å². The van der Waals surface area contributed by atoms with E-state index in [0.717, 1.165) is 46.2 Å². The summed E-state index contributed by atoms with van der Waals surface area (Å²) in [5.41, 5.74) is 3.67. The van der Waals surface area contributed by atoms with E-state index in [-0.39, 0.29) is 18.6 Å². The molecule has 0 fully saturated rings. The van der Waals surface area contributed by atoms with Crippen LogP contribution in [0.1, 0.15) is 80.9 Å². The minimum atomic E-state index is -1.63. The summed E-state index contributed by atoms with van der Waals surface area (Å²) in [4.78, 5) is 39.1. The molecule has 222 valence electrons. The molecule has 3 aromatic rings. The van der Waals surface area contributed by atoms with Gasteiger partial charge in [-0.25, -0.2) is 0 Å². The smallest absolute Gasteiger partial charge is 0.324 e. The number of ether oxygens (including phenoxy) is 3. The fraction of sp³-hybridized carbons (Fsp3) is 0.400. The van der Waals surface area contributed by atoms with Crippen molar-refractivity contribution in [1.29, 1.82) is 0 Å². The van der Waals surface area contributed by atoms with E-state index >= 15 is 0 Å². The number of ketones is 1. The second kappa shape index (κ2) is 13.8. The molecule has 2 aromatic carbocycles. The lowest BCUT2D eigenvalue weighted by Gasteiger charge is -2.34. The Morgan fingerprint density at radius 1 is 0.857 bits per heavy atom. The highest BCUT2D eigenvalue weighted by molar-refractivity contribution is 6.03. The number of rotatable bonds is 12. The highest BCUT2D eigenvalue weighted by Crippen LogP contribution is 2.53. The Morgan fingerprint density at radius 3 is 2.02 bits per heavy atom. The molecule has 0 saturated carbocycles. The minimum Gasteiger partial charge on any atom is -0.468 e. The van der Waals surface area contributed by atoms with Crippen molar-refractivity contribution in [3.63, 3.8) is 0 Å². The number of carbonyl (C=O) groups excluding carboxylic acids is 3. The van der Waals surface area contributed by atoms with Crippen LogP contribution in [0.2, 0.25) is 0 Å². The second-order valence-electron chi connectivity index (χ2n) is 10.8. The van der Waals surface area contributed by atoms with E-state index in [4.69, 9.17) is 18.6 Å². The molecule has 0 radical (unpaired) electrons. The molecule has 1 aliphatic carbocycles. The van der Waals surface area contributed by atoms with E-state index in [9.17, 15) is 14.4 Å². The number of fused-ring (bicyclic) bond motifs is 1. The van der Waals surface area contributed by atoms with Crippen LogP contribution in [0, 0.1) is 5.41 Å². The molecular weight excluding hydrogens is 532 g/mol. The van der Waals surface area contributed by atoms with Crippen LogP contribution in [0.25, 0.3) is 16.9 Å². The Hall–Kier alpha value is -3.97. The number of hydrogen-bond donors (Lipinski definition) is 0. The molecule has 1 atom stereocenters. The first-order valence-electron chi connectivity index (χ1n) is 14.5. The largest absolute Gasteiger partial charge is 0.468 e. The third-order valence-electron chi connectivity index (χ3n) is 8.09. The zero-order valence-electron chi connectivity index (χ0n) is 25.2. The maximum atomic E-state index is 13.5. The van der Waals surface area contributed by atoms with Gasteiger partial charge >= 0.3 is 11.9 Å². The monoisotopic (exact) mass is 572 g/mol. The summed E-state index contributed by atoms with van der Waals surface area (Å²) in [6.45, 7) is 3.69. The van der Waals surface area contributed by atoms with Crippen LogP contribution >= 0.6 is 0 Å². The number of unbranched alkanes of at least 4 members (excludes halogenated alkanes) is 1. The normalized spacial score (nSPS) is 15.8. The van der Waals surface area contributed by atoms with Crippen LogP contribution in [0.15, 0.2) is 70.7 Å². The lowest BCUT2D eigenvalue weighted by atomic mass is 9.68. The van der Waals surface area contributed by atoms with Gasteiger partial charge in [-0.1, -0.05) is 79.6 Å². The maximum absolute atomic E-state index is 13.5. The zero-order valence-corrected chi connectivity index (χ0v) is 25.2. The van der Waals surface area contributed by atoms with Crippen molar-refractivity contribution >= 4 is 23.3 Å². The minimum absolute atomic E-state index is 0.0238. The molecule has 7 heteroatoms. The fourth-order valence-electron chi connectivity index (χ4n) is 5.99. The molecule has 1 aliphatic rings. The third-order valence-corrected chi connectivity index (χ3v) is 8.09. The van der Waals surface area contributed by atoms with E-state index in [1.165, 1.54) is 14.2 Å². The van der Waals surface area contributed by atoms with Gasteiger partial charge < -0.3 is 23.4 Å². The lowest BCUT2D eigenvalue weighted by Crippen LogP contribution is -2.45. The summed E-state index contributed by atoms with van der Waals surface area (Å²) in [5, 5.41) is 0. The quantitative estimate of drug-likeness (QED) is 0.166. The van der Waals surface area contributed by atoms with Crippen molar-refractivity contribution in [3.05, 3.63) is 88.7 Å². The molecule has 0 unspecified atom stereocenters. The third kappa shape index (κ3) is 6.12. The molecule has 4 rings (SSSR count). The van der Waals surface area contributed by atoms with E-state index in [2.05, 4.69) is 6.92 Å². The van der Waals surface area contributed by atoms with Crippen molar-refractivity contribution in [2.45, 2.75) is 64.9 Å². The van der Waals surface area contributed by atoms with Crippen molar-refractivity contribution in [2.75, 3.05) is 21.3 Å². The molecule has 1 aromatic heterocycles. The highest BCUT2D eigenvalue weighted by Gasteiger charge is 2.54. The predicted octanol–water partition coefficient (Wildman–Crippen LogP) is 7.27. The van der Waals surface area contributed by atoms with Gasteiger partial charge in [0.15, 0.2) is 5.41 Å². The van der Waals surface area contributed by atoms with Gasteiger partial charge in [0, 0.05) is 43.1 Å². The number of carbonyl (C=O) groups is 3. The molecule has 1 heterocycles. The van der Waals surface area contributed by atoms with Gasteiger partial charge in [0.05, 0.1) is 14.2 Å². The Kier molecular flexibility index (Phi) is 10.2. The molecule has 0 spiro atoms. The molecule has 42 heavy (non-hydrogen) atoms. The molecule has 0 amide bonds. The second-order valence-corrected chi connectivity index (χ2v) is 10.8. The molecular formula is C35H40O7. The van der Waals surface area contributed by atoms with Crippen LogP contribution in [-0.2, 0) is 35.0 Å². The van der Waals surface area contributed by atoms with Crippen LogP contribution in [0.5, 0.6) is 0 Å². The molecule has 7 nitrogen and oxygen atoms in total. The van der Waals surface area contributed by atoms with E-state index < -0.39 is 23.5 Å². The van der Waals surface area contributed by atoms with Crippen LogP contribution < -0.4 is 0 Å². The van der Waals surface area contributed by atoms with Gasteiger partial charge in [0.2, 0.25) is 0 Å². The fourth-order valence-corrected chi connectivity index (χ4v) is 5.99. The lowest BCUT2D eigenvalue weighted by molar-refractivity contribution is -0.169. The van der Waals surface area contributed by atoms with E-state index in [0.29, 0.717) is 30.8 Å². The van der Waals surface area contributed by atoms with Crippen molar-refractivity contribution in [3.8, 4) is 11.3 Å². The number of allylic oxidation sites excluding steroid dienone is 2. The van der Waals surface area contributed by atoms with Crippen molar-refractivity contribution in [2.24, 2.45) is 5.41 Å². The van der Waals surface area contributed by atoms with Crippen LogP contribution in [0.4, 0.5) is 0 Å². The van der Waals surface area contributed by atoms with Crippen LogP contribution in [-0.4, -0.2) is 39.1 Å². The van der Waals surface area contributed by atoms with Gasteiger partial charge in [-0.3, -0.25) is 9.59 Å². The number of benzene rings is 2. The number of methoxy groups -OCH3 is 3. The molecule has 0 bridgehead atoms. The van der Waals surface area contributed by atoms with Gasteiger partial charge in [0.1, 0.15) is 23.4 Å². The van der Waals surface area contributed by atoms with Gasteiger partial charge in [-0.05, 0) is 37.3 Å². The summed E-state index contributed by atoms with van der Waals surface area (Å²) in [7, 11) is 4.22. The van der Waals surface area contributed by atoms with Crippen molar-refractivity contribution < 1.29 is 33.0 Å². The topological polar surface area (TPSA) is 92.0 Å². The summed E-state index contributed by atoms with van der Waals surface area (Å²) >= 11 is 0. The van der Waals surface area contributed by atoms with Crippen molar-refractivity contribution in [1.82, 2.24) is 0 Å². The first-order chi connectivity index (χ1) is 20.3. The highest BCUT2D eigenvalue weighted by atomic mass is 16.5. The first kappa shape index (κ1) is 31.0. The van der Waals surface area contributed by atoms with Gasteiger partial charge in [-0.2, -0.15) is 0 Å². The predicted molar refractivity (Wildman–Crippen MR) is 161 cm³/mol. The maximum Gasteiger partial charge on any atom is 0.324 e. The summed E-state index contributed by atoms with van der Waals surface area (Å²) in [6, 6.07) is 19.7. The molecule has 0 N–H and O–H groups in total. The Labute approximate surface area is 247 Å². The number of hydrogen-bond acceptors (Lipinski definition) is 7. The summed E-state index contributed by atoms with van der Waals surface area (Å²) in [5.74, 6) is -0.172. The van der Waals surface area contributed by atoms with Gasteiger partial charge in [-0.15, -0.1) is 0 Å². The average molecular weight is 573 g/mol. The number of esters is 2. The molecule has 0 aliphatic heterocycles. The summed E-state index contributed by atoms with van der Waals surface area (Å²) < 4.78 is 23.3. The zero-order chi connectivity index (χ0) is 30.3. The number of Topliss-reactive ketones (excluding diaryl/α,β-unsaturated/α-hetero) is 1. The standard InChI is InChI=1S/C35H40O7/c1-6-7-14-24(20-19-23(2)36)27-21-35(33(37)40-4,34(38)41-5)22-28-29(27)30(31(39-3)25-15-10-8-11-16-25)32(42-28)26-17-12-9-13-18-26/h8-13,15-18,31H,6-7,14,19-22H2,1-5H3/b27-24-/t31-/m0/s1. The SMILES string of the molecule is CCCC/C(CCC(C)=O)=C1\CC(C(=O)OC)(C(=O)OC)Cc2oc(-c3ccccc3)c([C@@H](OC)c3ccccc3)c21. The molecule has 0 saturated heterocycles.